The molecular weight excluding hydrogens is 333 g/mol. The molecule has 0 aliphatic carbocycles. The predicted octanol–water partition coefficient (Wildman–Crippen LogP) is 3.35. The van der Waals surface area contributed by atoms with Crippen molar-refractivity contribution >= 4 is 5.91 Å². The lowest BCUT2D eigenvalue weighted by molar-refractivity contribution is 0.0780. The fourth-order valence-corrected chi connectivity index (χ4v) is 2.66. The number of aromatic nitrogens is 2. The van der Waals surface area contributed by atoms with Crippen molar-refractivity contribution in [2.24, 2.45) is 0 Å². The average molecular weight is 353 g/mol. The van der Waals surface area contributed by atoms with Crippen molar-refractivity contribution in [1.82, 2.24) is 14.5 Å². The molecule has 0 unspecified atom stereocenters. The Labute approximate surface area is 151 Å². The molecule has 0 N–H and O–H groups in total. The van der Waals surface area contributed by atoms with Crippen LogP contribution in [-0.4, -0.2) is 34.5 Å². The molecule has 0 saturated carbocycles. The van der Waals surface area contributed by atoms with Gasteiger partial charge in [-0.15, -0.1) is 0 Å². The van der Waals surface area contributed by atoms with Gasteiger partial charge in [-0.3, -0.25) is 4.79 Å². The van der Waals surface area contributed by atoms with E-state index in [1.54, 1.807) is 25.3 Å². The molecule has 0 saturated heterocycles. The largest absolute Gasteiger partial charge is 0.497 e. The summed E-state index contributed by atoms with van der Waals surface area (Å²) in [6.07, 6.45) is 3.60. The van der Waals surface area contributed by atoms with Gasteiger partial charge in [-0.05, 0) is 42.0 Å². The lowest BCUT2D eigenvalue weighted by atomic mass is 10.2. The zero-order valence-electron chi connectivity index (χ0n) is 14.7. The molecule has 1 amide bonds. The van der Waals surface area contributed by atoms with Crippen molar-refractivity contribution < 1.29 is 13.9 Å². The van der Waals surface area contributed by atoms with E-state index in [2.05, 4.69) is 4.98 Å². The number of nitrogens with zero attached hydrogens (tertiary/aromatic N) is 3. The van der Waals surface area contributed by atoms with Crippen molar-refractivity contribution in [3.8, 4) is 5.75 Å². The van der Waals surface area contributed by atoms with Gasteiger partial charge < -0.3 is 14.2 Å². The molecule has 0 aliphatic rings. The Kier molecular flexibility index (Phi) is 5.31. The summed E-state index contributed by atoms with van der Waals surface area (Å²) in [5.41, 5.74) is 1.56. The Morgan fingerprint density at radius 2 is 1.85 bits per heavy atom. The van der Waals surface area contributed by atoms with Crippen LogP contribution in [-0.2, 0) is 13.1 Å². The number of hydrogen-bond donors (Lipinski definition) is 0. The molecule has 2 aromatic carbocycles. The molecule has 0 spiro atoms. The first kappa shape index (κ1) is 17.7. The Bertz CT molecular complexity index is 873. The summed E-state index contributed by atoms with van der Waals surface area (Å²) in [6, 6.07) is 13.4. The molecule has 3 rings (SSSR count). The van der Waals surface area contributed by atoms with Gasteiger partial charge in [0.25, 0.3) is 5.91 Å². The summed E-state index contributed by atoms with van der Waals surface area (Å²) in [7, 11) is 3.34. The first-order chi connectivity index (χ1) is 12.6. The van der Waals surface area contributed by atoms with Crippen molar-refractivity contribution in [2.45, 2.75) is 13.1 Å². The SMILES string of the molecule is COc1ccc(Cn2ccnc2CN(C)C(=O)c2ccc(F)cc2)cc1. The van der Waals surface area contributed by atoms with Crippen LogP contribution in [0.1, 0.15) is 21.7 Å². The minimum atomic E-state index is -0.362. The number of hydrogen-bond acceptors (Lipinski definition) is 3. The van der Waals surface area contributed by atoms with E-state index >= 15 is 0 Å². The number of halogens is 1. The van der Waals surface area contributed by atoms with Crippen LogP contribution in [0.25, 0.3) is 0 Å². The summed E-state index contributed by atoms with van der Waals surface area (Å²) in [6.45, 7) is 1.01. The van der Waals surface area contributed by atoms with Crippen LogP contribution in [0.15, 0.2) is 60.9 Å². The molecule has 0 atom stereocenters. The normalized spacial score (nSPS) is 10.6. The highest BCUT2D eigenvalue weighted by atomic mass is 19.1. The first-order valence-electron chi connectivity index (χ1n) is 8.21. The minimum absolute atomic E-state index is 0.177. The number of carbonyl (C=O) groups excluding carboxylic acids is 1. The second-order valence-electron chi connectivity index (χ2n) is 5.99. The van der Waals surface area contributed by atoms with E-state index in [0.29, 0.717) is 18.7 Å². The number of rotatable bonds is 6. The zero-order chi connectivity index (χ0) is 18.5. The van der Waals surface area contributed by atoms with E-state index < -0.39 is 0 Å². The van der Waals surface area contributed by atoms with Crippen LogP contribution in [0.2, 0.25) is 0 Å². The number of carbonyl (C=O) groups is 1. The van der Waals surface area contributed by atoms with Gasteiger partial charge in [0, 0.05) is 31.5 Å². The molecular formula is C20H20FN3O2. The molecule has 1 heterocycles. The van der Waals surface area contributed by atoms with E-state index in [1.807, 2.05) is 35.0 Å². The minimum Gasteiger partial charge on any atom is -0.497 e. The topological polar surface area (TPSA) is 47.4 Å². The molecule has 3 aromatic rings. The number of methoxy groups -OCH3 is 1. The summed E-state index contributed by atoms with van der Waals surface area (Å²) < 4.78 is 20.2. The van der Waals surface area contributed by atoms with Gasteiger partial charge in [-0.2, -0.15) is 0 Å². The number of amides is 1. The third kappa shape index (κ3) is 4.08. The Morgan fingerprint density at radius 1 is 1.15 bits per heavy atom. The van der Waals surface area contributed by atoms with Gasteiger partial charge in [0.15, 0.2) is 0 Å². The third-order valence-corrected chi connectivity index (χ3v) is 4.13. The van der Waals surface area contributed by atoms with Crippen LogP contribution in [0, 0.1) is 5.82 Å². The van der Waals surface area contributed by atoms with Crippen LogP contribution >= 0.6 is 0 Å². The quantitative estimate of drug-likeness (QED) is 0.683. The van der Waals surface area contributed by atoms with E-state index in [0.717, 1.165) is 17.1 Å². The molecule has 26 heavy (non-hydrogen) atoms. The van der Waals surface area contributed by atoms with E-state index in [9.17, 15) is 9.18 Å². The van der Waals surface area contributed by atoms with Gasteiger partial charge >= 0.3 is 0 Å². The van der Waals surface area contributed by atoms with E-state index in [-0.39, 0.29) is 11.7 Å². The van der Waals surface area contributed by atoms with Crippen molar-refractivity contribution in [1.29, 1.82) is 0 Å². The van der Waals surface area contributed by atoms with Crippen LogP contribution in [0.5, 0.6) is 5.75 Å². The predicted molar refractivity (Wildman–Crippen MR) is 96.5 cm³/mol. The molecule has 0 aliphatic heterocycles. The third-order valence-electron chi connectivity index (χ3n) is 4.13. The maximum Gasteiger partial charge on any atom is 0.254 e. The second-order valence-corrected chi connectivity index (χ2v) is 5.99. The van der Waals surface area contributed by atoms with Crippen LogP contribution in [0.3, 0.4) is 0 Å². The van der Waals surface area contributed by atoms with Crippen molar-refractivity contribution in [2.75, 3.05) is 14.2 Å². The smallest absolute Gasteiger partial charge is 0.254 e. The zero-order valence-corrected chi connectivity index (χ0v) is 14.7. The van der Waals surface area contributed by atoms with Crippen molar-refractivity contribution in [3.63, 3.8) is 0 Å². The van der Waals surface area contributed by atoms with Crippen LogP contribution in [0.4, 0.5) is 4.39 Å². The molecule has 0 bridgehead atoms. The lowest BCUT2D eigenvalue weighted by Crippen LogP contribution is -2.27. The average Bonchev–Trinajstić information content (AvgIpc) is 3.09. The Hall–Kier alpha value is -3.15. The molecule has 1 aromatic heterocycles. The highest BCUT2D eigenvalue weighted by Gasteiger charge is 2.14. The maximum absolute atomic E-state index is 13.0. The number of imidazole rings is 1. The number of benzene rings is 2. The highest BCUT2D eigenvalue weighted by Crippen LogP contribution is 2.14. The molecule has 0 radical (unpaired) electrons. The summed E-state index contributed by atoms with van der Waals surface area (Å²) in [5.74, 6) is 1.05. The van der Waals surface area contributed by atoms with Gasteiger partial charge in [-0.1, -0.05) is 12.1 Å². The lowest BCUT2D eigenvalue weighted by Gasteiger charge is -2.18. The van der Waals surface area contributed by atoms with Crippen LogP contribution < -0.4 is 4.74 Å². The maximum atomic E-state index is 13.0. The highest BCUT2D eigenvalue weighted by molar-refractivity contribution is 5.93. The van der Waals surface area contributed by atoms with E-state index in [4.69, 9.17) is 4.74 Å². The second kappa shape index (κ2) is 7.82. The van der Waals surface area contributed by atoms with Gasteiger partial charge in [-0.25, -0.2) is 9.37 Å². The molecule has 6 heteroatoms. The van der Waals surface area contributed by atoms with Gasteiger partial charge in [0.05, 0.1) is 13.7 Å². The molecule has 5 nitrogen and oxygen atoms in total. The summed E-state index contributed by atoms with van der Waals surface area (Å²) in [4.78, 5) is 18.4. The van der Waals surface area contributed by atoms with Crippen molar-refractivity contribution in [3.05, 3.63) is 83.7 Å². The standard InChI is InChI=1S/C20H20FN3O2/c1-23(20(25)16-5-7-17(21)8-6-16)14-19-22-11-12-24(19)13-15-3-9-18(26-2)10-4-15/h3-12H,13-14H2,1-2H3. The monoisotopic (exact) mass is 353 g/mol. The molecule has 0 fully saturated rings. The number of ether oxygens (including phenoxy) is 1. The fourth-order valence-electron chi connectivity index (χ4n) is 2.66. The molecule has 134 valence electrons. The fraction of sp³-hybridized carbons (Fsp3) is 0.200. The Balaban J connectivity index is 1.69. The first-order valence-corrected chi connectivity index (χ1v) is 8.21. The van der Waals surface area contributed by atoms with Gasteiger partial charge in [0.2, 0.25) is 0 Å². The van der Waals surface area contributed by atoms with E-state index in [1.165, 1.54) is 24.3 Å². The summed E-state index contributed by atoms with van der Waals surface area (Å²) in [5, 5.41) is 0. The Morgan fingerprint density at radius 3 is 2.50 bits per heavy atom. The van der Waals surface area contributed by atoms with Gasteiger partial charge in [0.1, 0.15) is 17.4 Å². The summed E-state index contributed by atoms with van der Waals surface area (Å²) >= 11 is 0.